The molecule has 8 nitrogen and oxygen atoms in total. The maximum Gasteiger partial charge on any atom is 0.270 e. The predicted octanol–water partition coefficient (Wildman–Crippen LogP) is 3.26. The second kappa shape index (κ2) is 7.65. The van der Waals surface area contributed by atoms with E-state index in [9.17, 15) is 15.2 Å². The number of rotatable bonds is 3. The first kappa shape index (κ1) is 21.6. The van der Waals surface area contributed by atoms with E-state index < -0.39 is 17.2 Å². The fourth-order valence-corrected chi connectivity index (χ4v) is 5.30. The monoisotopic (exact) mass is 444 g/mol. The molecule has 1 aliphatic carbocycles. The van der Waals surface area contributed by atoms with Crippen LogP contribution >= 0.6 is 0 Å². The maximum atomic E-state index is 13.1. The quantitative estimate of drug-likeness (QED) is 0.568. The molecule has 0 saturated heterocycles. The van der Waals surface area contributed by atoms with Gasteiger partial charge in [-0.25, -0.2) is 4.98 Å². The van der Waals surface area contributed by atoms with Crippen LogP contribution in [0.1, 0.15) is 62.8 Å². The maximum absolute atomic E-state index is 13.1. The molecule has 2 aliphatic rings. The highest BCUT2D eigenvalue weighted by molar-refractivity contribution is 5.77. The number of nitrogens with zero attached hydrogens (tertiary/aromatic N) is 4. The van der Waals surface area contributed by atoms with Gasteiger partial charge in [0, 0.05) is 35.8 Å². The lowest BCUT2D eigenvalue weighted by Gasteiger charge is -2.33. The Morgan fingerprint density at radius 1 is 1.30 bits per heavy atom. The average molecular weight is 445 g/mol. The lowest BCUT2D eigenvalue weighted by Crippen LogP contribution is -2.38. The molecule has 2 unspecified atom stereocenters. The van der Waals surface area contributed by atoms with Crippen molar-refractivity contribution in [1.82, 2.24) is 19.9 Å². The number of hydrogen-bond donors (Lipinski definition) is 3. The van der Waals surface area contributed by atoms with Gasteiger partial charge < -0.3 is 15.7 Å². The molecule has 2 atom stereocenters. The molecular formula is C25H28N6O2. The number of nitrogens with one attached hydrogen (secondary N) is 2. The van der Waals surface area contributed by atoms with E-state index in [0.717, 1.165) is 25.2 Å². The van der Waals surface area contributed by atoms with E-state index >= 15 is 0 Å². The van der Waals surface area contributed by atoms with E-state index in [0.29, 0.717) is 29.8 Å². The number of anilines is 2. The second-order valence-electron chi connectivity index (χ2n) is 10.1. The summed E-state index contributed by atoms with van der Waals surface area (Å²) in [7, 11) is 0. The lowest BCUT2D eigenvalue weighted by atomic mass is 9.79. The van der Waals surface area contributed by atoms with Crippen LogP contribution < -0.4 is 16.2 Å². The minimum Gasteiger partial charge on any atom is -0.388 e. The highest BCUT2D eigenvalue weighted by atomic mass is 16.3. The van der Waals surface area contributed by atoms with Gasteiger partial charge in [-0.1, -0.05) is 19.9 Å². The third-order valence-electron chi connectivity index (χ3n) is 7.06. The van der Waals surface area contributed by atoms with Gasteiger partial charge in [0.1, 0.15) is 17.3 Å². The van der Waals surface area contributed by atoms with Crippen molar-refractivity contribution < 1.29 is 5.11 Å². The Kier molecular flexibility index (Phi) is 5.00. The zero-order chi connectivity index (χ0) is 23.4. The Morgan fingerprint density at radius 2 is 2.12 bits per heavy atom. The molecule has 2 aromatic heterocycles. The minimum atomic E-state index is -1.04. The Balaban J connectivity index is 1.58. The van der Waals surface area contributed by atoms with E-state index in [-0.39, 0.29) is 11.0 Å². The summed E-state index contributed by atoms with van der Waals surface area (Å²) in [4.78, 5) is 22.2. The third kappa shape index (κ3) is 3.67. The summed E-state index contributed by atoms with van der Waals surface area (Å²) in [6.45, 7) is 7.94. The molecular weight excluding hydrogens is 416 g/mol. The van der Waals surface area contributed by atoms with Gasteiger partial charge in [0.15, 0.2) is 0 Å². The van der Waals surface area contributed by atoms with E-state index in [4.69, 9.17) is 0 Å². The van der Waals surface area contributed by atoms with E-state index in [1.54, 1.807) is 13.1 Å². The van der Waals surface area contributed by atoms with Crippen LogP contribution in [0.2, 0.25) is 0 Å². The summed E-state index contributed by atoms with van der Waals surface area (Å²) in [5.41, 5.74) is 2.47. The van der Waals surface area contributed by atoms with Crippen LogP contribution in [-0.4, -0.2) is 31.8 Å². The highest BCUT2D eigenvalue weighted by Crippen LogP contribution is 2.39. The van der Waals surface area contributed by atoms with Gasteiger partial charge in [0.25, 0.3) is 5.56 Å². The zero-order valence-corrected chi connectivity index (χ0v) is 19.1. The number of hydrogen-bond acceptors (Lipinski definition) is 7. The molecule has 0 bridgehead atoms. The summed E-state index contributed by atoms with van der Waals surface area (Å²) < 4.78 is 1.49. The molecule has 33 heavy (non-hydrogen) atoms. The first-order valence-corrected chi connectivity index (χ1v) is 11.4. The summed E-state index contributed by atoms with van der Waals surface area (Å²) in [6.07, 6.45) is 3.67. The average Bonchev–Trinajstić information content (AvgIpc) is 3.11. The van der Waals surface area contributed by atoms with Crippen LogP contribution in [-0.2, 0) is 12.0 Å². The van der Waals surface area contributed by atoms with Crippen LogP contribution in [0.5, 0.6) is 0 Å². The van der Waals surface area contributed by atoms with Crippen molar-refractivity contribution in [2.75, 3.05) is 11.9 Å². The predicted molar refractivity (Wildman–Crippen MR) is 126 cm³/mol. The minimum absolute atomic E-state index is 0.0271. The van der Waals surface area contributed by atoms with Crippen LogP contribution in [0.4, 0.5) is 11.6 Å². The van der Waals surface area contributed by atoms with E-state index in [1.807, 2.05) is 12.1 Å². The van der Waals surface area contributed by atoms with E-state index in [2.05, 4.69) is 46.6 Å². The highest BCUT2D eigenvalue weighted by Gasteiger charge is 2.40. The fourth-order valence-electron chi connectivity index (χ4n) is 5.30. The summed E-state index contributed by atoms with van der Waals surface area (Å²) in [5.74, 6) is 0.362. The molecule has 1 fully saturated rings. The van der Waals surface area contributed by atoms with E-state index in [1.165, 1.54) is 21.8 Å². The lowest BCUT2D eigenvalue weighted by molar-refractivity contribution is 0.0266. The van der Waals surface area contributed by atoms with Crippen molar-refractivity contribution >= 4 is 22.7 Å². The molecule has 170 valence electrons. The largest absolute Gasteiger partial charge is 0.388 e. The number of pyridine rings is 1. The number of aromatic nitrogens is 3. The van der Waals surface area contributed by atoms with Crippen LogP contribution in [0.3, 0.4) is 0 Å². The van der Waals surface area contributed by atoms with Gasteiger partial charge in [0.2, 0.25) is 5.95 Å². The second-order valence-corrected chi connectivity index (χ2v) is 10.1. The van der Waals surface area contributed by atoms with Crippen molar-refractivity contribution in [2.45, 2.75) is 63.6 Å². The fraction of sp³-hybridized carbons (Fsp3) is 0.440. The molecule has 5 rings (SSSR count). The van der Waals surface area contributed by atoms with Crippen molar-refractivity contribution in [1.29, 1.82) is 5.26 Å². The van der Waals surface area contributed by atoms with Crippen LogP contribution in [0.15, 0.2) is 35.3 Å². The third-order valence-corrected chi connectivity index (χ3v) is 7.06. The SMILES string of the molecule is CC1(C)CNCc2cc(Nc3ncc4cc(C#N)c(=O)n(C5CCCC5(C)O)c4n3)ccc21. The normalized spacial score (nSPS) is 23.8. The molecule has 0 spiro atoms. The van der Waals surface area contributed by atoms with Gasteiger partial charge in [-0.2, -0.15) is 10.2 Å². The molecule has 1 saturated carbocycles. The molecule has 3 aromatic rings. The first-order valence-electron chi connectivity index (χ1n) is 11.4. The van der Waals surface area contributed by atoms with Crippen molar-refractivity contribution in [3.8, 4) is 6.07 Å². The molecule has 8 heteroatoms. The van der Waals surface area contributed by atoms with Gasteiger partial charge in [-0.15, -0.1) is 0 Å². The Morgan fingerprint density at radius 3 is 2.85 bits per heavy atom. The molecule has 1 aliphatic heterocycles. The smallest absolute Gasteiger partial charge is 0.270 e. The first-order chi connectivity index (χ1) is 15.7. The van der Waals surface area contributed by atoms with Crippen molar-refractivity contribution in [3.05, 3.63) is 57.5 Å². The number of fused-ring (bicyclic) bond motifs is 2. The Hall–Kier alpha value is -3.28. The topological polar surface area (TPSA) is 116 Å². The van der Waals surface area contributed by atoms with Crippen LogP contribution in [0, 0.1) is 11.3 Å². The van der Waals surface area contributed by atoms with Gasteiger partial charge in [0.05, 0.1) is 11.6 Å². The summed E-state index contributed by atoms with van der Waals surface area (Å²) in [6, 6.07) is 9.32. The molecule has 0 radical (unpaired) electrons. The number of nitriles is 1. The van der Waals surface area contributed by atoms with Crippen LogP contribution in [0.25, 0.3) is 11.0 Å². The van der Waals surface area contributed by atoms with Crippen molar-refractivity contribution in [2.24, 2.45) is 0 Å². The van der Waals surface area contributed by atoms with Gasteiger partial charge in [-0.3, -0.25) is 9.36 Å². The zero-order valence-electron chi connectivity index (χ0n) is 19.1. The standard InChI is InChI=1S/C25H28N6O2/c1-24(2)14-27-12-16-10-18(6-7-19(16)24)29-23-28-13-17-9-15(11-26)22(32)31(21(17)30-23)20-5-4-8-25(20,3)33/h6-7,9-10,13,20,27,33H,4-5,8,12,14H2,1-3H3,(H,28,29,30). The Bertz CT molecular complexity index is 1350. The molecule has 0 amide bonds. The van der Waals surface area contributed by atoms with Gasteiger partial charge >= 0.3 is 0 Å². The Labute approximate surface area is 192 Å². The van der Waals surface area contributed by atoms with Crippen molar-refractivity contribution in [3.63, 3.8) is 0 Å². The number of benzene rings is 1. The number of aliphatic hydroxyl groups is 1. The summed E-state index contributed by atoms with van der Waals surface area (Å²) >= 11 is 0. The summed E-state index contributed by atoms with van der Waals surface area (Å²) in [5, 5.41) is 27.7. The van der Waals surface area contributed by atoms with Gasteiger partial charge in [-0.05, 0) is 55.5 Å². The molecule has 3 N–H and O–H groups in total. The molecule has 3 heterocycles. The molecule has 1 aromatic carbocycles.